The van der Waals surface area contributed by atoms with Crippen LogP contribution in [0.5, 0.6) is 11.5 Å². The summed E-state index contributed by atoms with van der Waals surface area (Å²) >= 11 is 0. The zero-order valence-corrected chi connectivity index (χ0v) is 26.4. The second kappa shape index (κ2) is 11.2. The Labute approximate surface area is 267 Å². The van der Waals surface area contributed by atoms with Crippen molar-refractivity contribution in [1.82, 2.24) is 4.98 Å². The third-order valence-corrected chi connectivity index (χ3v) is 12.0. The highest BCUT2D eigenvalue weighted by Gasteiger charge is 2.30. The third kappa shape index (κ3) is 4.45. The van der Waals surface area contributed by atoms with Gasteiger partial charge in [-0.25, -0.2) is 4.98 Å². The van der Waals surface area contributed by atoms with E-state index >= 15 is 4.57 Å². The average molecular weight is 616 g/mol. The number of aromatic nitrogens is 1. The van der Waals surface area contributed by atoms with E-state index in [-0.39, 0.29) is 0 Å². The van der Waals surface area contributed by atoms with Crippen LogP contribution in [0.4, 0.5) is 0 Å². The molecule has 0 amide bonds. The van der Waals surface area contributed by atoms with Crippen LogP contribution in [0.3, 0.4) is 0 Å². The molecule has 0 saturated heterocycles. The largest absolute Gasteiger partial charge is 0.497 e. The lowest BCUT2D eigenvalue weighted by Gasteiger charge is -2.21. The molecule has 7 aromatic carbocycles. The summed E-state index contributed by atoms with van der Waals surface area (Å²) in [7, 11) is 0.175. The monoisotopic (exact) mass is 615 g/mol. The van der Waals surface area contributed by atoms with Crippen LogP contribution in [-0.4, -0.2) is 19.2 Å². The van der Waals surface area contributed by atoms with Crippen molar-refractivity contribution in [2.45, 2.75) is 0 Å². The van der Waals surface area contributed by atoms with Gasteiger partial charge < -0.3 is 14.0 Å². The predicted molar refractivity (Wildman–Crippen MR) is 192 cm³/mol. The zero-order valence-electron chi connectivity index (χ0n) is 25.5. The van der Waals surface area contributed by atoms with Crippen molar-refractivity contribution in [3.8, 4) is 22.6 Å². The third-order valence-electron chi connectivity index (χ3n) is 8.90. The van der Waals surface area contributed by atoms with Crippen LogP contribution >= 0.6 is 7.14 Å². The molecule has 0 unspecified atom stereocenters. The molecule has 5 heteroatoms. The normalized spacial score (nSPS) is 11.8. The van der Waals surface area contributed by atoms with Crippen LogP contribution in [0.2, 0.25) is 0 Å². The molecular weight excluding hydrogens is 585 g/mol. The maximum atomic E-state index is 15.4. The summed E-state index contributed by atoms with van der Waals surface area (Å²) in [6.07, 6.45) is 0. The van der Waals surface area contributed by atoms with Gasteiger partial charge in [0.1, 0.15) is 11.5 Å². The Balaban J connectivity index is 1.49. The molecule has 0 fully saturated rings. The predicted octanol–water partition coefficient (Wildman–Crippen LogP) is 9.02. The SMILES string of the molecule is COc1ccc2ccc3c(-c4cccc(P(=O)(c5ccccc5)c5ccccc5)c4)c4ccc5ccc(OC)cc5c4nc3c2c1. The summed E-state index contributed by atoms with van der Waals surface area (Å²) in [5, 5.41) is 8.60. The average Bonchev–Trinajstić information content (AvgIpc) is 3.13. The second-order valence-electron chi connectivity index (χ2n) is 11.4. The first-order valence-electron chi connectivity index (χ1n) is 15.2. The van der Waals surface area contributed by atoms with E-state index in [1.807, 2.05) is 84.9 Å². The molecule has 8 rings (SSSR count). The van der Waals surface area contributed by atoms with Gasteiger partial charge in [0.15, 0.2) is 7.14 Å². The van der Waals surface area contributed by atoms with E-state index in [9.17, 15) is 0 Å². The Hall–Kier alpha value is -5.44. The number of hydrogen-bond donors (Lipinski definition) is 0. The van der Waals surface area contributed by atoms with Gasteiger partial charge in [-0.1, -0.05) is 115 Å². The van der Waals surface area contributed by atoms with Gasteiger partial charge in [-0.3, -0.25) is 0 Å². The highest BCUT2D eigenvalue weighted by atomic mass is 31.2. The molecule has 46 heavy (non-hydrogen) atoms. The standard InChI is InChI=1S/C41H30NO3P/c1-44-30-20-16-27-18-22-35-39(36-23-19-28-17-21-31(45-2)26-38(28)41(36)42-40(35)37(27)25-30)29-10-9-15-34(24-29)46(43,32-11-5-3-6-12-32)33-13-7-4-8-14-33/h3-26H,1-2H3. The van der Waals surface area contributed by atoms with Crippen LogP contribution in [0, 0.1) is 0 Å². The molecular formula is C41H30NO3P. The first-order valence-corrected chi connectivity index (χ1v) is 16.9. The summed E-state index contributed by atoms with van der Waals surface area (Å²) in [4.78, 5) is 5.37. The fourth-order valence-electron chi connectivity index (χ4n) is 6.61. The van der Waals surface area contributed by atoms with E-state index in [0.29, 0.717) is 0 Å². The quantitative estimate of drug-likeness (QED) is 0.106. The highest BCUT2D eigenvalue weighted by molar-refractivity contribution is 7.85. The van der Waals surface area contributed by atoms with Gasteiger partial charge in [-0.2, -0.15) is 0 Å². The molecule has 0 aliphatic heterocycles. The number of ether oxygens (including phenoxy) is 2. The molecule has 222 valence electrons. The maximum absolute atomic E-state index is 15.4. The minimum Gasteiger partial charge on any atom is -0.497 e. The first-order chi connectivity index (χ1) is 22.6. The molecule has 4 nitrogen and oxygen atoms in total. The fourth-order valence-corrected chi connectivity index (χ4v) is 9.31. The van der Waals surface area contributed by atoms with Gasteiger partial charge in [0, 0.05) is 43.0 Å². The smallest absolute Gasteiger partial charge is 0.171 e. The lowest BCUT2D eigenvalue weighted by molar-refractivity contribution is 0.415. The number of benzene rings is 7. The van der Waals surface area contributed by atoms with Gasteiger partial charge in [-0.05, 0) is 46.7 Å². The summed E-state index contributed by atoms with van der Waals surface area (Å²) in [5.74, 6) is 1.55. The van der Waals surface area contributed by atoms with Crippen molar-refractivity contribution in [2.24, 2.45) is 0 Å². The van der Waals surface area contributed by atoms with Crippen molar-refractivity contribution in [3.05, 3.63) is 146 Å². The van der Waals surface area contributed by atoms with E-state index in [0.717, 1.165) is 81.9 Å². The zero-order chi connectivity index (χ0) is 31.3. The van der Waals surface area contributed by atoms with Crippen LogP contribution in [0.1, 0.15) is 0 Å². The van der Waals surface area contributed by atoms with E-state index in [1.165, 1.54) is 0 Å². The Morgan fingerprint density at radius 2 is 0.957 bits per heavy atom. The number of nitrogens with zero attached hydrogens (tertiary/aromatic N) is 1. The maximum Gasteiger partial charge on any atom is 0.171 e. The van der Waals surface area contributed by atoms with Gasteiger partial charge >= 0.3 is 0 Å². The Kier molecular flexibility index (Phi) is 6.82. The van der Waals surface area contributed by atoms with Crippen molar-refractivity contribution < 1.29 is 14.0 Å². The van der Waals surface area contributed by atoms with Crippen molar-refractivity contribution in [3.63, 3.8) is 0 Å². The topological polar surface area (TPSA) is 48.4 Å². The van der Waals surface area contributed by atoms with E-state index < -0.39 is 7.14 Å². The van der Waals surface area contributed by atoms with Gasteiger partial charge in [0.2, 0.25) is 0 Å². The molecule has 0 aliphatic carbocycles. The molecule has 0 saturated carbocycles. The molecule has 0 atom stereocenters. The number of fused-ring (bicyclic) bond motifs is 6. The van der Waals surface area contributed by atoms with Crippen molar-refractivity contribution >= 4 is 66.4 Å². The number of hydrogen-bond acceptors (Lipinski definition) is 4. The Morgan fingerprint density at radius 3 is 1.46 bits per heavy atom. The minimum atomic E-state index is -3.19. The first kappa shape index (κ1) is 28.1. The molecule has 1 aromatic heterocycles. The van der Waals surface area contributed by atoms with Crippen LogP contribution in [0.25, 0.3) is 54.5 Å². The van der Waals surface area contributed by atoms with E-state index in [4.69, 9.17) is 14.5 Å². The molecule has 0 N–H and O–H groups in total. The van der Waals surface area contributed by atoms with Crippen LogP contribution in [-0.2, 0) is 4.57 Å². The van der Waals surface area contributed by atoms with E-state index in [2.05, 4.69) is 60.7 Å². The molecule has 0 radical (unpaired) electrons. The molecule has 0 aliphatic rings. The van der Waals surface area contributed by atoms with Crippen molar-refractivity contribution in [2.75, 3.05) is 14.2 Å². The Morgan fingerprint density at radius 1 is 0.478 bits per heavy atom. The molecule has 8 aromatic rings. The second-order valence-corrected chi connectivity index (χ2v) is 14.2. The number of methoxy groups -OCH3 is 2. The summed E-state index contributed by atoms with van der Waals surface area (Å²) < 4.78 is 26.7. The lowest BCUT2D eigenvalue weighted by Crippen LogP contribution is -2.25. The van der Waals surface area contributed by atoms with Gasteiger partial charge in [-0.15, -0.1) is 0 Å². The van der Waals surface area contributed by atoms with Gasteiger partial charge in [0.25, 0.3) is 0 Å². The van der Waals surface area contributed by atoms with Crippen LogP contribution < -0.4 is 25.4 Å². The minimum absolute atomic E-state index is 0.775. The summed E-state index contributed by atoms with van der Waals surface area (Å²) in [6, 6.07) is 48.7. The van der Waals surface area contributed by atoms with Gasteiger partial charge in [0.05, 0.1) is 25.3 Å². The lowest BCUT2D eigenvalue weighted by atomic mass is 9.92. The number of pyridine rings is 1. The summed E-state index contributed by atoms with van der Waals surface area (Å²) in [6.45, 7) is 0. The molecule has 1 heterocycles. The Bertz CT molecular complexity index is 2330. The highest BCUT2D eigenvalue weighted by Crippen LogP contribution is 2.45. The molecule has 0 bridgehead atoms. The number of rotatable bonds is 6. The summed E-state index contributed by atoms with van der Waals surface area (Å²) in [5.41, 5.74) is 3.79. The fraction of sp³-hybridized carbons (Fsp3) is 0.0488. The van der Waals surface area contributed by atoms with Crippen LogP contribution in [0.15, 0.2) is 146 Å². The van der Waals surface area contributed by atoms with E-state index in [1.54, 1.807) is 14.2 Å². The van der Waals surface area contributed by atoms with Crippen molar-refractivity contribution in [1.29, 1.82) is 0 Å². The molecule has 0 spiro atoms.